The molecule has 1 N–H and O–H groups in total. The van der Waals surface area contributed by atoms with E-state index in [1.165, 1.54) is 18.6 Å². The SMILES string of the molecule is C[C@@H](Nc1nc(-c2cnccn2)nc(Cl)c1-c1c(F)cc(F)cc1F)C(F)(F)F. The summed E-state index contributed by atoms with van der Waals surface area (Å²) in [6.07, 6.45) is -0.860. The smallest absolute Gasteiger partial charge is 0.358 e. The maximum absolute atomic E-state index is 14.3. The van der Waals surface area contributed by atoms with Crippen molar-refractivity contribution < 1.29 is 26.3 Å². The molecule has 0 aliphatic rings. The van der Waals surface area contributed by atoms with E-state index in [-0.39, 0.29) is 11.5 Å². The number of hydrogen-bond acceptors (Lipinski definition) is 5. The molecule has 0 saturated heterocycles. The summed E-state index contributed by atoms with van der Waals surface area (Å²) < 4.78 is 81.0. The molecule has 152 valence electrons. The van der Waals surface area contributed by atoms with E-state index >= 15 is 0 Å². The fraction of sp³-hybridized carbons (Fsp3) is 0.176. The third-order valence-electron chi connectivity index (χ3n) is 3.76. The molecule has 0 aliphatic heterocycles. The molecule has 2 aromatic heterocycles. The summed E-state index contributed by atoms with van der Waals surface area (Å²) in [5.74, 6) is -4.83. The summed E-state index contributed by atoms with van der Waals surface area (Å²) in [6, 6.07) is -1.43. The number of benzene rings is 1. The number of halogens is 7. The molecule has 0 unspecified atom stereocenters. The second-order valence-electron chi connectivity index (χ2n) is 5.80. The van der Waals surface area contributed by atoms with Gasteiger partial charge in [-0.2, -0.15) is 13.2 Å². The van der Waals surface area contributed by atoms with Crippen molar-refractivity contribution in [2.24, 2.45) is 0 Å². The molecule has 3 rings (SSSR count). The van der Waals surface area contributed by atoms with Crippen LogP contribution in [0.3, 0.4) is 0 Å². The molecule has 1 aromatic carbocycles. The van der Waals surface area contributed by atoms with Gasteiger partial charge in [0.15, 0.2) is 5.82 Å². The Morgan fingerprint density at radius 2 is 1.66 bits per heavy atom. The average Bonchev–Trinajstić information content (AvgIpc) is 2.62. The molecule has 0 bridgehead atoms. The molecular formula is C17H10ClF6N5. The highest BCUT2D eigenvalue weighted by molar-refractivity contribution is 6.32. The van der Waals surface area contributed by atoms with Gasteiger partial charge in [0.25, 0.3) is 0 Å². The highest BCUT2D eigenvalue weighted by Gasteiger charge is 2.37. The lowest BCUT2D eigenvalue weighted by atomic mass is 10.1. The minimum atomic E-state index is -4.71. The number of rotatable bonds is 4. The first-order valence-corrected chi connectivity index (χ1v) is 8.27. The lowest BCUT2D eigenvalue weighted by Crippen LogP contribution is -2.33. The number of nitrogens with zero attached hydrogens (tertiary/aromatic N) is 4. The third kappa shape index (κ3) is 4.39. The molecule has 0 aliphatic carbocycles. The number of alkyl halides is 3. The van der Waals surface area contributed by atoms with Crippen molar-refractivity contribution in [3.05, 3.63) is 53.3 Å². The van der Waals surface area contributed by atoms with E-state index in [0.29, 0.717) is 12.1 Å². The molecule has 0 spiro atoms. The standard InChI is InChI=1S/C17H10ClF6N5/c1-7(17(22,23)24)27-16-13(12-9(20)4-8(19)5-10(12)21)14(18)28-15(29-16)11-6-25-2-3-26-11/h2-7H,1H3,(H,27,28,29)/t7-/m1/s1. The van der Waals surface area contributed by atoms with Crippen LogP contribution in [0.15, 0.2) is 30.7 Å². The molecule has 29 heavy (non-hydrogen) atoms. The molecule has 0 amide bonds. The Kier molecular flexibility index (Phi) is 5.60. The largest absolute Gasteiger partial charge is 0.408 e. The zero-order valence-electron chi connectivity index (χ0n) is 14.4. The first-order valence-electron chi connectivity index (χ1n) is 7.90. The van der Waals surface area contributed by atoms with Gasteiger partial charge < -0.3 is 5.32 Å². The summed E-state index contributed by atoms with van der Waals surface area (Å²) in [5.41, 5.74) is -1.41. The van der Waals surface area contributed by atoms with Crippen LogP contribution in [0, 0.1) is 17.5 Å². The van der Waals surface area contributed by atoms with Crippen molar-refractivity contribution in [1.29, 1.82) is 0 Å². The topological polar surface area (TPSA) is 63.6 Å². The van der Waals surface area contributed by atoms with Gasteiger partial charge in [0.2, 0.25) is 0 Å². The van der Waals surface area contributed by atoms with Crippen LogP contribution < -0.4 is 5.32 Å². The normalized spacial score (nSPS) is 12.7. The predicted octanol–water partition coefficient (Wildman–Crippen LogP) is 5.03. The van der Waals surface area contributed by atoms with Crippen LogP contribution in [0.5, 0.6) is 0 Å². The fourth-order valence-corrected chi connectivity index (χ4v) is 2.62. The second-order valence-corrected chi connectivity index (χ2v) is 6.16. The van der Waals surface area contributed by atoms with E-state index in [1.807, 2.05) is 5.32 Å². The van der Waals surface area contributed by atoms with Gasteiger partial charge >= 0.3 is 6.18 Å². The van der Waals surface area contributed by atoms with Crippen LogP contribution >= 0.6 is 11.6 Å². The lowest BCUT2D eigenvalue weighted by Gasteiger charge is -2.21. The monoisotopic (exact) mass is 433 g/mol. The Hall–Kier alpha value is -2.95. The van der Waals surface area contributed by atoms with Crippen LogP contribution in [0.25, 0.3) is 22.6 Å². The highest BCUT2D eigenvalue weighted by Crippen LogP contribution is 2.38. The Labute approximate surface area is 164 Å². The molecule has 1 atom stereocenters. The molecule has 3 aromatic rings. The zero-order valence-corrected chi connectivity index (χ0v) is 15.2. The Morgan fingerprint density at radius 3 is 2.21 bits per heavy atom. The molecule has 12 heteroatoms. The summed E-state index contributed by atoms with van der Waals surface area (Å²) in [4.78, 5) is 15.5. The number of nitrogens with one attached hydrogen (secondary N) is 1. The van der Waals surface area contributed by atoms with Crippen LogP contribution in [-0.2, 0) is 0 Å². The lowest BCUT2D eigenvalue weighted by molar-refractivity contribution is -0.138. The maximum atomic E-state index is 14.3. The van der Waals surface area contributed by atoms with Gasteiger partial charge in [-0.25, -0.2) is 28.1 Å². The van der Waals surface area contributed by atoms with E-state index in [1.54, 1.807) is 0 Å². The van der Waals surface area contributed by atoms with Crippen molar-refractivity contribution in [3.8, 4) is 22.6 Å². The van der Waals surface area contributed by atoms with Gasteiger partial charge in [0.1, 0.15) is 40.2 Å². The Bertz CT molecular complexity index is 1020. The predicted molar refractivity (Wildman–Crippen MR) is 92.5 cm³/mol. The fourth-order valence-electron chi connectivity index (χ4n) is 2.36. The highest BCUT2D eigenvalue weighted by atomic mass is 35.5. The summed E-state index contributed by atoms with van der Waals surface area (Å²) >= 11 is 6.05. The summed E-state index contributed by atoms with van der Waals surface area (Å²) in [6.45, 7) is 0.777. The third-order valence-corrected chi connectivity index (χ3v) is 4.03. The first kappa shape index (κ1) is 20.8. The van der Waals surface area contributed by atoms with E-state index < -0.39 is 51.8 Å². The summed E-state index contributed by atoms with van der Waals surface area (Å²) in [7, 11) is 0. The van der Waals surface area contributed by atoms with E-state index in [4.69, 9.17) is 11.6 Å². The van der Waals surface area contributed by atoms with Gasteiger partial charge in [-0.05, 0) is 6.92 Å². The zero-order chi connectivity index (χ0) is 21.3. The van der Waals surface area contributed by atoms with Crippen LogP contribution in [-0.4, -0.2) is 32.2 Å². The molecule has 2 heterocycles. The second kappa shape index (κ2) is 7.82. The van der Waals surface area contributed by atoms with Gasteiger partial charge in [-0.15, -0.1) is 0 Å². The van der Waals surface area contributed by atoms with Gasteiger partial charge in [0, 0.05) is 24.5 Å². The summed E-state index contributed by atoms with van der Waals surface area (Å²) in [5, 5.41) is 1.47. The molecular weight excluding hydrogens is 424 g/mol. The van der Waals surface area contributed by atoms with E-state index in [0.717, 1.165) is 6.92 Å². The minimum Gasteiger partial charge on any atom is -0.358 e. The van der Waals surface area contributed by atoms with Crippen LogP contribution in [0.1, 0.15) is 6.92 Å². The minimum absolute atomic E-state index is 0.0590. The van der Waals surface area contributed by atoms with E-state index in [2.05, 4.69) is 19.9 Å². The number of aromatic nitrogens is 4. The average molecular weight is 434 g/mol. The van der Waals surface area contributed by atoms with Crippen molar-refractivity contribution in [2.75, 3.05) is 5.32 Å². The van der Waals surface area contributed by atoms with Crippen molar-refractivity contribution in [3.63, 3.8) is 0 Å². The van der Waals surface area contributed by atoms with Gasteiger partial charge in [-0.1, -0.05) is 11.6 Å². The van der Waals surface area contributed by atoms with Crippen molar-refractivity contribution in [2.45, 2.75) is 19.1 Å². The molecule has 5 nitrogen and oxygen atoms in total. The Balaban J connectivity index is 2.25. The number of anilines is 1. The molecule has 0 saturated carbocycles. The van der Waals surface area contributed by atoms with Crippen molar-refractivity contribution >= 4 is 17.4 Å². The quantitative estimate of drug-likeness (QED) is 0.461. The van der Waals surface area contributed by atoms with Crippen LogP contribution in [0.2, 0.25) is 5.15 Å². The number of hydrogen-bond donors (Lipinski definition) is 1. The molecule has 0 fully saturated rings. The van der Waals surface area contributed by atoms with Gasteiger partial charge in [0.05, 0.1) is 17.3 Å². The van der Waals surface area contributed by atoms with Crippen LogP contribution in [0.4, 0.5) is 32.2 Å². The first-order chi connectivity index (χ1) is 13.6. The molecule has 0 radical (unpaired) electrons. The maximum Gasteiger partial charge on any atom is 0.408 e. The van der Waals surface area contributed by atoms with E-state index in [9.17, 15) is 26.3 Å². The Morgan fingerprint density at radius 1 is 1.00 bits per heavy atom. The van der Waals surface area contributed by atoms with Crippen molar-refractivity contribution in [1.82, 2.24) is 19.9 Å². The van der Waals surface area contributed by atoms with Gasteiger partial charge in [-0.3, -0.25) is 4.98 Å².